The van der Waals surface area contributed by atoms with Gasteiger partial charge >= 0.3 is 0 Å². The Labute approximate surface area is 270 Å². The van der Waals surface area contributed by atoms with E-state index in [9.17, 15) is 0 Å². The highest BCUT2D eigenvalue weighted by Crippen LogP contribution is 2.63. The van der Waals surface area contributed by atoms with Crippen molar-refractivity contribution in [3.05, 3.63) is 198 Å². The molecular weight excluding hydrogens is 556 g/mol. The molecule has 0 aliphatic heterocycles. The summed E-state index contributed by atoms with van der Waals surface area (Å²) in [6.45, 7) is 0. The van der Waals surface area contributed by atoms with E-state index in [0.717, 1.165) is 28.4 Å². The van der Waals surface area contributed by atoms with Crippen molar-refractivity contribution in [1.82, 2.24) is 0 Å². The molecule has 0 N–H and O–H groups in total. The van der Waals surface area contributed by atoms with Crippen molar-refractivity contribution in [3.63, 3.8) is 0 Å². The second-order valence-electron chi connectivity index (χ2n) is 12.2. The molecule has 46 heavy (non-hydrogen) atoms. The van der Waals surface area contributed by atoms with Gasteiger partial charge in [-0.2, -0.15) is 0 Å². The number of benzene rings is 7. The molecule has 0 heterocycles. The van der Waals surface area contributed by atoms with E-state index in [-0.39, 0.29) is 5.41 Å². The van der Waals surface area contributed by atoms with Crippen LogP contribution in [0.3, 0.4) is 0 Å². The van der Waals surface area contributed by atoms with Crippen LogP contribution in [-0.4, -0.2) is 7.05 Å². The molecule has 0 radical (unpaired) electrons. The molecule has 0 bridgehead atoms. The number of hydrogen-bond donors (Lipinski definition) is 0. The lowest BCUT2D eigenvalue weighted by Gasteiger charge is -2.32. The summed E-state index contributed by atoms with van der Waals surface area (Å²) in [5.41, 5.74) is 16.0. The molecular formula is C44H32N2. The van der Waals surface area contributed by atoms with Gasteiger partial charge in [-0.1, -0.05) is 115 Å². The van der Waals surface area contributed by atoms with Gasteiger partial charge in [0.25, 0.3) is 0 Å². The molecule has 1 spiro atoms. The number of rotatable bonds is 5. The standard InChI is InChI=1S/C44H32N2/c1-45(31-14-4-2-5-15-31)32-24-26-34(27-25-32)46(33-16-6-3-7-17-33)35-28-29-39-38-20-10-13-23-42(38)44(43(39)30-35)40-21-11-8-18-36(40)37-19-9-12-22-41(37)44/h2-30H,1H3. The van der Waals surface area contributed by atoms with Crippen molar-refractivity contribution in [2.45, 2.75) is 5.41 Å². The second-order valence-corrected chi connectivity index (χ2v) is 12.2. The fourth-order valence-electron chi connectivity index (χ4n) is 7.87. The van der Waals surface area contributed by atoms with Gasteiger partial charge in [0.2, 0.25) is 0 Å². The Bertz CT molecular complexity index is 2150. The van der Waals surface area contributed by atoms with Crippen molar-refractivity contribution in [3.8, 4) is 22.3 Å². The average molecular weight is 589 g/mol. The van der Waals surface area contributed by atoms with Crippen molar-refractivity contribution >= 4 is 28.4 Å². The maximum atomic E-state index is 2.45. The van der Waals surface area contributed by atoms with Crippen molar-refractivity contribution < 1.29 is 0 Å². The van der Waals surface area contributed by atoms with Gasteiger partial charge in [-0.25, -0.2) is 0 Å². The monoisotopic (exact) mass is 588 g/mol. The van der Waals surface area contributed by atoms with Crippen LogP contribution in [0.5, 0.6) is 0 Å². The molecule has 0 unspecified atom stereocenters. The summed E-state index contributed by atoms with van der Waals surface area (Å²) < 4.78 is 0. The molecule has 0 saturated carbocycles. The van der Waals surface area contributed by atoms with Gasteiger partial charge in [-0.05, 0) is 105 Å². The van der Waals surface area contributed by atoms with E-state index in [2.05, 4.69) is 193 Å². The third kappa shape index (κ3) is 3.77. The van der Waals surface area contributed by atoms with E-state index in [1.807, 2.05) is 0 Å². The fourth-order valence-corrected chi connectivity index (χ4v) is 7.87. The van der Waals surface area contributed by atoms with Gasteiger partial charge in [0.1, 0.15) is 0 Å². The molecule has 0 aromatic heterocycles. The van der Waals surface area contributed by atoms with E-state index in [0.29, 0.717) is 0 Å². The quantitative estimate of drug-likeness (QED) is 0.197. The van der Waals surface area contributed by atoms with Gasteiger partial charge in [0, 0.05) is 35.5 Å². The van der Waals surface area contributed by atoms with Crippen LogP contribution in [0, 0.1) is 0 Å². The summed E-state index contributed by atoms with van der Waals surface area (Å²) in [7, 11) is 2.12. The predicted octanol–water partition coefficient (Wildman–Crippen LogP) is 11.3. The van der Waals surface area contributed by atoms with Gasteiger partial charge < -0.3 is 9.80 Å². The number of para-hydroxylation sites is 2. The molecule has 0 amide bonds. The van der Waals surface area contributed by atoms with Gasteiger partial charge in [-0.3, -0.25) is 0 Å². The van der Waals surface area contributed by atoms with Crippen LogP contribution in [0.4, 0.5) is 28.4 Å². The van der Waals surface area contributed by atoms with Crippen LogP contribution in [-0.2, 0) is 5.41 Å². The molecule has 7 aromatic carbocycles. The zero-order chi connectivity index (χ0) is 30.7. The van der Waals surface area contributed by atoms with Crippen LogP contribution < -0.4 is 9.80 Å². The van der Waals surface area contributed by atoms with Crippen LogP contribution in [0.1, 0.15) is 22.3 Å². The minimum absolute atomic E-state index is 0.375. The number of nitrogens with zero attached hydrogens (tertiary/aromatic N) is 2. The van der Waals surface area contributed by atoms with E-state index in [1.54, 1.807) is 0 Å². The van der Waals surface area contributed by atoms with Crippen molar-refractivity contribution in [2.75, 3.05) is 16.8 Å². The molecule has 0 saturated heterocycles. The molecule has 2 aliphatic rings. The summed E-state index contributed by atoms with van der Waals surface area (Å²) in [6, 6.07) is 64.2. The molecule has 2 aliphatic carbocycles. The maximum absolute atomic E-state index is 2.45. The molecule has 2 nitrogen and oxygen atoms in total. The first kappa shape index (κ1) is 26.5. The summed E-state index contributed by atoms with van der Waals surface area (Å²) in [4.78, 5) is 4.61. The molecule has 0 atom stereocenters. The molecule has 2 heteroatoms. The summed E-state index contributed by atoms with van der Waals surface area (Å²) in [5, 5.41) is 0. The van der Waals surface area contributed by atoms with Gasteiger partial charge in [0.05, 0.1) is 5.41 Å². The number of fused-ring (bicyclic) bond motifs is 10. The summed E-state index contributed by atoms with van der Waals surface area (Å²) in [5.74, 6) is 0. The van der Waals surface area contributed by atoms with Crippen molar-refractivity contribution in [2.24, 2.45) is 0 Å². The molecule has 7 aromatic rings. The lowest BCUT2D eigenvalue weighted by atomic mass is 9.70. The van der Waals surface area contributed by atoms with E-state index in [1.165, 1.54) is 44.5 Å². The highest BCUT2D eigenvalue weighted by Gasteiger charge is 2.51. The first-order chi connectivity index (χ1) is 22.7. The first-order valence-corrected chi connectivity index (χ1v) is 15.9. The minimum Gasteiger partial charge on any atom is -0.345 e. The molecule has 218 valence electrons. The maximum Gasteiger partial charge on any atom is 0.0726 e. The van der Waals surface area contributed by atoms with E-state index < -0.39 is 0 Å². The third-order valence-electron chi connectivity index (χ3n) is 9.89. The Morgan fingerprint density at radius 3 is 1.24 bits per heavy atom. The zero-order valence-electron chi connectivity index (χ0n) is 25.6. The summed E-state index contributed by atoms with van der Waals surface area (Å²) in [6.07, 6.45) is 0. The van der Waals surface area contributed by atoms with Gasteiger partial charge in [0.15, 0.2) is 0 Å². The number of hydrogen-bond acceptors (Lipinski definition) is 2. The Morgan fingerprint density at radius 1 is 0.326 bits per heavy atom. The predicted molar refractivity (Wildman–Crippen MR) is 192 cm³/mol. The third-order valence-corrected chi connectivity index (χ3v) is 9.89. The fraction of sp³-hybridized carbons (Fsp3) is 0.0455. The average Bonchev–Trinajstić information content (AvgIpc) is 3.60. The van der Waals surface area contributed by atoms with Gasteiger partial charge in [-0.15, -0.1) is 0 Å². The Hall–Kier alpha value is -5.86. The minimum atomic E-state index is -0.375. The zero-order valence-corrected chi connectivity index (χ0v) is 25.6. The normalized spacial score (nSPS) is 13.1. The smallest absolute Gasteiger partial charge is 0.0726 e. The van der Waals surface area contributed by atoms with Crippen LogP contribution in [0.2, 0.25) is 0 Å². The topological polar surface area (TPSA) is 6.48 Å². The Morgan fingerprint density at radius 2 is 0.696 bits per heavy atom. The molecule has 9 rings (SSSR count). The van der Waals surface area contributed by atoms with Crippen LogP contribution in [0.25, 0.3) is 22.3 Å². The number of anilines is 5. The van der Waals surface area contributed by atoms with E-state index in [4.69, 9.17) is 0 Å². The second kappa shape index (κ2) is 10.4. The lowest BCUT2D eigenvalue weighted by molar-refractivity contribution is 0.793. The Balaban J connectivity index is 1.24. The van der Waals surface area contributed by atoms with Crippen LogP contribution >= 0.6 is 0 Å². The van der Waals surface area contributed by atoms with Crippen molar-refractivity contribution in [1.29, 1.82) is 0 Å². The SMILES string of the molecule is CN(c1ccccc1)c1ccc(N(c2ccccc2)c2ccc3c(c2)C2(c4ccccc4-c4ccccc42)c2ccccc2-3)cc1. The lowest BCUT2D eigenvalue weighted by Crippen LogP contribution is -2.26. The largest absolute Gasteiger partial charge is 0.345 e. The van der Waals surface area contributed by atoms with Crippen LogP contribution in [0.15, 0.2) is 176 Å². The highest BCUT2D eigenvalue weighted by molar-refractivity contribution is 5.96. The van der Waals surface area contributed by atoms with E-state index >= 15 is 0 Å². The summed E-state index contributed by atoms with van der Waals surface area (Å²) >= 11 is 0. The molecule has 0 fully saturated rings. The first-order valence-electron chi connectivity index (χ1n) is 15.9. The highest BCUT2D eigenvalue weighted by atomic mass is 15.1. The Kier molecular flexibility index (Phi) is 5.97.